The molecular formula is C12H18FNO4S. The van der Waals surface area contributed by atoms with Gasteiger partial charge in [-0.25, -0.2) is 12.8 Å². The summed E-state index contributed by atoms with van der Waals surface area (Å²) in [6, 6.07) is 3.01. The van der Waals surface area contributed by atoms with Crippen molar-refractivity contribution in [1.82, 2.24) is 4.31 Å². The van der Waals surface area contributed by atoms with Crippen LogP contribution in [0, 0.1) is 5.82 Å². The van der Waals surface area contributed by atoms with Gasteiger partial charge in [0.05, 0.1) is 18.1 Å². The number of halogens is 1. The number of ether oxygens (including phenoxy) is 1. The summed E-state index contributed by atoms with van der Waals surface area (Å²) in [7, 11) is -0.818. The third-order valence-electron chi connectivity index (χ3n) is 2.89. The van der Waals surface area contributed by atoms with Crippen LogP contribution in [-0.4, -0.2) is 44.6 Å². The number of nitrogens with zero attached hydrogens (tertiary/aromatic N) is 1. The summed E-state index contributed by atoms with van der Waals surface area (Å²) in [5.41, 5.74) is -0.0473. The molecule has 1 aromatic carbocycles. The standard InChI is InChI=1S/C12H18FNO4S/c1-9(8-18-3)14(2)19(16,17)11-4-5-12(13)10(6-11)7-15/h4-6,9,15H,7-8H2,1-3H3. The summed E-state index contributed by atoms with van der Waals surface area (Å²) >= 11 is 0. The molecule has 0 aromatic heterocycles. The monoisotopic (exact) mass is 291 g/mol. The van der Waals surface area contributed by atoms with E-state index in [1.54, 1.807) is 6.92 Å². The topological polar surface area (TPSA) is 66.8 Å². The highest BCUT2D eigenvalue weighted by atomic mass is 32.2. The summed E-state index contributed by atoms with van der Waals surface area (Å²) in [6.45, 7) is 1.41. The van der Waals surface area contributed by atoms with Crippen LogP contribution in [-0.2, 0) is 21.4 Å². The molecule has 0 aliphatic heterocycles. The highest BCUT2D eigenvalue weighted by molar-refractivity contribution is 7.89. The highest BCUT2D eigenvalue weighted by Gasteiger charge is 2.26. The van der Waals surface area contributed by atoms with E-state index in [2.05, 4.69) is 0 Å². The Morgan fingerprint density at radius 1 is 1.47 bits per heavy atom. The van der Waals surface area contributed by atoms with Gasteiger partial charge in [0, 0.05) is 25.8 Å². The fourth-order valence-electron chi connectivity index (χ4n) is 1.58. The molecule has 0 aliphatic rings. The van der Waals surface area contributed by atoms with Gasteiger partial charge in [0.1, 0.15) is 5.82 Å². The second-order valence-corrected chi connectivity index (χ2v) is 6.23. The molecule has 0 spiro atoms. The maximum atomic E-state index is 13.3. The lowest BCUT2D eigenvalue weighted by molar-refractivity contribution is 0.149. The van der Waals surface area contributed by atoms with Crippen LogP contribution in [0.4, 0.5) is 4.39 Å². The summed E-state index contributed by atoms with van der Waals surface area (Å²) < 4.78 is 43.9. The third-order valence-corrected chi connectivity index (χ3v) is 4.86. The number of hydrogen-bond acceptors (Lipinski definition) is 4. The molecule has 1 rings (SSSR count). The van der Waals surface area contributed by atoms with Gasteiger partial charge in [-0.1, -0.05) is 0 Å². The molecule has 0 saturated carbocycles. The molecule has 0 amide bonds. The number of methoxy groups -OCH3 is 1. The van der Waals surface area contributed by atoms with Gasteiger partial charge in [0.25, 0.3) is 0 Å². The first-order chi connectivity index (χ1) is 8.84. The predicted molar refractivity (Wildman–Crippen MR) is 68.6 cm³/mol. The quantitative estimate of drug-likeness (QED) is 0.848. The largest absolute Gasteiger partial charge is 0.392 e. The maximum absolute atomic E-state index is 13.3. The lowest BCUT2D eigenvalue weighted by Gasteiger charge is -2.23. The van der Waals surface area contributed by atoms with Gasteiger partial charge < -0.3 is 9.84 Å². The molecule has 0 fully saturated rings. The van der Waals surface area contributed by atoms with Crippen molar-refractivity contribution in [2.24, 2.45) is 0 Å². The van der Waals surface area contributed by atoms with Gasteiger partial charge in [-0.15, -0.1) is 0 Å². The van der Waals surface area contributed by atoms with Gasteiger partial charge in [0.2, 0.25) is 10.0 Å². The lowest BCUT2D eigenvalue weighted by Crippen LogP contribution is -2.37. The van der Waals surface area contributed by atoms with Crippen molar-refractivity contribution in [3.05, 3.63) is 29.6 Å². The lowest BCUT2D eigenvalue weighted by atomic mass is 10.2. The van der Waals surface area contributed by atoms with Crippen LogP contribution in [0.5, 0.6) is 0 Å². The van der Waals surface area contributed by atoms with E-state index >= 15 is 0 Å². The number of sulfonamides is 1. The van der Waals surface area contributed by atoms with E-state index in [-0.39, 0.29) is 23.1 Å². The van der Waals surface area contributed by atoms with Crippen molar-refractivity contribution < 1.29 is 22.7 Å². The van der Waals surface area contributed by atoms with Crippen molar-refractivity contribution in [3.63, 3.8) is 0 Å². The number of rotatable bonds is 6. The van der Waals surface area contributed by atoms with E-state index in [0.29, 0.717) is 0 Å². The zero-order chi connectivity index (χ0) is 14.6. The average Bonchev–Trinajstić information content (AvgIpc) is 2.38. The van der Waals surface area contributed by atoms with Crippen LogP contribution in [0.15, 0.2) is 23.1 Å². The summed E-state index contributed by atoms with van der Waals surface area (Å²) in [6.07, 6.45) is 0. The molecule has 0 saturated heterocycles. The van der Waals surface area contributed by atoms with Crippen LogP contribution in [0.1, 0.15) is 12.5 Å². The van der Waals surface area contributed by atoms with Crippen LogP contribution in [0.2, 0.25) is 0 Å². The Labute approximate surface area is 112 Å². The molecule has 7 heteroatoms. The molecular weight excluding hydrogens is 273 g/mol. The van der Waals surface area contributed by atoms with Gasteiger partial charge in [-0.2, -0.15) is 4.31 Å². The molecule has 1 atom stereocenters. The molecule has 0 aliphatic carbocycles. The number of aliphatic hydroxyl groups excluding tert-OH is 1. The maximum Gasteiger partial charge on any atom is 0.243 e. The van der Waals surface area contributed by atoms with Crippen LogP contribution < -0.4 is 0 Å². The van der Waals surface area contributed by atoms with Crippen LogP contribution in [0.25, 0.3) is 0 Å². The van der Waals surface area contributed by atoms with Gasteiger partial charge >= 0.3 is 0 Å². The van der Waals surface area contributed by atoms with Crippen LogP contribution in [0.3, 0.4) is 0 Å². The molecule has 0 radical (unpaired) electrons. The minimum atomic E-state index is -3.73. The Kier molecular flexibility index (Phi) is 5.42. The molecule has 0 bridgehead atoms. The van der Waals surface area contributed by atoms with Crippen molar-refractivity contribution in [1.29, 1.82) is 0 Å². The first-order valence-electron chi connectivity index (χ1n) is 5.70. The Morgan fingerprint density at radius 3 is 2.63 bits per heavy atom. The third kappa shape index (κ3) is 3.50. The second kappa shape index (κ2) is 6.42. The SMILES string of the molecule is COCC(C)N(C)S(=O)(=O)c1ccc(F)c(CO)c1. The normalized spacial score (nSPS) is 13.8. The highest BCUT2D eigenvalue weighted by Crippen LogP contribution is 2.20. The van der Waals surface area contributed by atoms with E-state index in [4.69, 9.17) is 9.84 Å². The Hall–Kier alpha value is -1.02. The van der Waals surface area contributed by atoms with Crippen molar-refractivity contribution in [3.8, 4) is 0 Å². The zero-order valence-corrected chi connectivity index (χ0v) is 11.9. The Balaban J connectivity index is 3.13. The fraction of sp³-hybridized carbons (Fsp3) is 0.500. The minimum Gasteiger partial charge on any atom is -0.392 e. The number of aliphatic hydroxyl groups is 1. The molecule has 108 valence electrons. The summed E-state index contributed by atoms with van der Waals surface area (Å²) in [5.74, 6) is -0.631. The van der Waals surface area contributed by atoms with E-state index in [1.165, 1.54) is 20.2 Å². The van der Waals surface area contributed by atoms with Gasteiger partial charge in [-0.3, -0.25) is 0 Å². The number of likely N-dealkylation sites (N-methyl/N-ethyl adjacent to an activating group) is 1. The van der Waals surface area contributed by atoms with Gasteiger partial charge in [0.15, 0.2) is 0 Å². The fourth-order valence-corrected chi connectivity index (χ4v) is 2.98. The van der Waals surface area contributed by atoms with E-state index in [0.717, 1.165) is 16.4 Å². The van der Waals surface area contributed by atoms with Crippen LogP contribution >= 0.6 is 0 Å². The average molecular weight is 291 g/mol. The van der Waals surface area contributed by atoms with Gasteiger partial charge in [-0.05, 0) is 25.1 Å². The molecule has 1 aromatic rings. The minimum absolute atomic E-state index is 0.0473. The van der Waals surface area contributed by atoms with Crippen molar-refractivity contribution in [2.75, 3.05) is 20.8 Å². The van der Waals surface area contributed by atoms with Crippen molar-refractivity contribution >= 4 is 10.0 Å². The number of hydrogen-bond donors (Lipinski definition) is 1. The smallest absolute Gasteiger partial charge is 0.243 e. The molecule has 5 nitrogen and oxygen atoms in total. The van der Waals surface area contributed by atoms with E-state index in [1.807, 2.05) is 0 Å². The summed E-state index contributed by atoms with van der Waals surface area (Å²) in [4.78, 5) is -0.0524. The first kappa shape index (κ1) is 16.0. The molecule has 1 N–H and O–H groups in total. The molecule has 19 heavy (non-hydrogen) atoms. The zero-order valence-electron chi connectivity index (χ0n) is 11.1. The molecule has 0 heterocycles. The Bertz CT molecular complexity index is 533. The first-order valence-corrected chi connectivity index (χ1v) is 7.14. The number of benzene rings is 1. The second-order valence-electron chi connectivity index (χ2n) is 4.24. The van der Waals surface area contributed by atoms with Crippen molar-refractivity contribution in [2.45, 2.75) is 24.5 Å². The predicted octanol–water partition coefficient (Wildman–Crippen LogP) is 0.973. The summed E-state index contributed by atoms with van der Waals surface area (Å²) in [5, 5.41) is 8.97. The Morgan fingerprint density at radius 2 is 2.11 bits per heavy atom. The van der Waals surface area contributed by atoms with E-state index < -0.39 is 22.4 Å². The van der Waals surface area contributed by atoms with E-state index in [9.17, 15) is 12.8 Å². The molecule has 1 unspecified atom stereocenters.